The Hall–Kier alpha value is -0.810. The van der Waals surface area contributed by atoms with Gasteiger partial charge in [0.15, 0.2) is 0 Å². The van der Waals surface area contributed by atoms with E-state index in [4.69, 9.17) is 0 Å². The Morgan fingerprint density at radius 3 is 2.46 bits per heavy atom. The molecule has 3 rings (SSSR count). The van der Waals surface area contributed by atoms with Crippen LogP contribution in [-0.2, 0) is 17.9 Å². The number of piperidine rings is 1. The van der Waals surface area contributed by atoms with Gasteiger partial charge in [-0.1, -0.05) is 38.1 Å². The summed E-state index contributed by atoms with van der Waals surface area (Å²) in [5, 5.41) is 6.51. The number of carbonyl (C=O) groups excluding carboxylic acids is 1. The van der Waals surface area contributed by atoms with Crippen LogP contribution in [-0.4, -0.2) is 37.0 Å². The molecule has 1 aromatic carbocycles. The average molecular weight is 430 g/mol. The molecule has 3 atom stereocenters. The molecular weight excluding hydrogens is 393 g/mol. The van der Waals surface area contributed by atoms with Crippen LogP contribution in [0.3, 0.4) is 0 Å². The van der Waals surface area contributed by atoms with Crippen molar-refractivity contribution in [3.8, 4) is 0 Å². The van der Waals surface area contributed by atoms with Crippen LogP contribution in [0.5, 0.6) is 0 Å². The van der Waals surface area contributed by atoms with Gasteiger partial charge >= 0.3 is 0 Å². The molecule has 160 valence electrons. The monoisotopic (exact) mass is 429 g/mol. The van der Waals surface area contributed by atoms with Crippen LogP contribution in [0, 0.1) is 17.8 Å². The Balaban J connectivity index is 0.00000196. The lowest BCUT2D eigenvalue weighted by Gasteiger charge is -2.35. The van der Waals surface area contributed by atoms with Crippen LogP contribution in [0.25, 0.3) is 0 Å². The molecule has 2 N–H and O–H groups in total. The van der Waals surface area contributed by atoms with E-state index in [2.05, 4.69) is 53.6 Å². The van der Waals surface area contributed by atoms with Gasteiger partial charge < -0.3 is 10.6 Å². The summed E-state index contributed by atoms with van der Waals surface area (Å²) in [6.07, 6.45) is 4.20. The molecule has 0 bridgehead atoms. The number of rotatable bonds is 7. The maximum absolute atomic E-state index is 12.2. The SMILES string of the molecule is CC1CC(C)CN(Cc2ccccc2CNC(=O)CCC2CCNC2)C1.Cl.Cl. The first-order chi connectivity index (χ1) is 12.6. The minimum absolute atomic E-state index is 0. The first-order valence-electron chi connectivity index (χ1n) is 10.4. The van der Waals surface area contributed by atoms with E-state index in [0.717, 1.165) is 37.9 Å². The minimum atomic E-state index is 0. The van der Waals surface area contributed by atoms with E-state index < -0.39 is 0 Å². The van der Waals surface area contributed by atoms with E-state index >= 15 is 0 Å². The normalized spacial score (nSPS) is 24.9. The van der Waals surface area contributed by atoms with Crippen LogP contribution in [0.15, 0.2) is 24.3 Å². The molecule has 0 radical (unpaired) electrons. The second-order valence-corrected chi connectivity index (χ2v) is 8.58. The third kappa shape index (κ3) is 7.90. The maximum atomic E-state index is 12.2. The van der Waals surface area contributed by atoms with Crippen molar-refractivity contribution in [3.63, 3.8) is 0 Å². The average Bonchev–Trinajstić information content (AvgIpc) is 3.12. The van der Waals surface area contributed by atoms with Gasteiger partial charge in [0.2, 0.25) is 5.91 Å². The number of hydrogen-bond acceptors (Lipinski definition) is 3. The fourth-order valence-electron chi connectivity index (χ4n) is 4.62. The molecule has 1 aromatic rings. The van der Waals surface area contributed by atoms with Crippen molar-refractivity contribution in [2.45, 2.75) is 52.6 Å². The summed E-state index contributed by atoms with van der Waals surface area (Å²) in [4.78, 5) is 14.8. The molecule has 0 aliphatic carbocycles. The van der Waals surface area contributed by atoms with Gasteiger partial charge in [-0.05, 0) is 61.2 Å². The number of likely N-dealkylation sites (tertiary alicyclic amines) is 1. The van der Waals surface area contributed by atoms with Crippen LogP contribution in [0.2, 0.25) is 0 Å². The molecule has 28 heavy (non-hydrogen) atoms. The highest BCUT2D eigenvalue weighted by Crippen LogP contribution is 2.23. The predicted octanol–water partition coefficient (Wildman–Crippen LogP) is 4.01. The van der Waals surface area contributed by atoms with Crippen LogP contribution >= 0.6 is 24.8 Å². The van der Waals surface area contributed by atoms with E-state index in [1.54, 1.807) is 0 Å². The largest absolute Gasteiger partial charge is 0.352 e. The number of carbonyl (C=O) groups is 1. The Bertz CT molecular complexity index is 583. The van der Waals surface area contributed by atoms with Crippen molar-refractivity contribution in [2.24, 2.45) is 17.8 Å². The number of benzene rings is 1. The molecule has 6 heteroatoms. The molecule has 0 saturated carbocycles. The first-order valence-corrected chi connectivity index (χ1v) is 10.4. The molecule has 2 saturated heterocycles. The second-order valence-electron chi connectivity index (χ2n) is 8.58. The fraction of sp³-hybridized carbons (Fsp3) is 0.682. The number of hydrogen-bond donors (Lipinski definition) is 2. The number of amides is 1. The summed E-state index contributed by atoms with van der Waals surface area (Å²) in [5.41, 5.74) is 2.61. The standard InChI is InChI=1S/C22H35N3O.2ClH/c1-17-11-18(2)15-25(14-17)16-21-6-4-3-5-20(21)13-24-22(26)8-7-19-9-10-23-12-19;;/h3-6,17-19,23H,7-16H2,1-2H3,(H,24,26);2*1H. The van der Waals surface area contributed by atoms with Gasteiger partial charge in [0.05, 0.1) is 0 Å². The van der Waals surface area contributed by atoms with E-state index in [1.165, 1.54) is 37.1 Å². The molecule has 2 fully saturated rings. The summed E-state index contributed by atoms with van der Waals surface area (Å²) in [6.45, 7) is 10.9. The van der Waals surface area contributed by atoms with Gasteiger partial charge in [-0.25, -0.2) is 0 Å². The summed E-state index contributed by atoms with van der Waals surface area (Å²) >= 11 is 0. The highest BCUT2D eigenvalue weighted by molar-refractivity contribution is 5.85. The maximum Gasteiger partial charge on any atom is 0.220 e. The van der Waals surface area contributed by atoms with Crippen LogP contribution in [0.1, 0.15) is 50.7 Å². The lowest BCUT2D eigenvalue weighted by Crippen LogP contribution is -2.38. The molecular formula is C22H37Cl2N3O. The predicted molar refractivity (Wildman–Crippen MR) is 121 cm³/mol. The molecule has 3 unspecified atom stereocenters. The number of halogens is 2. The summed E-state index contributed by atoms with van der Waals surface area (Å²) in [7, 11) is 0. The Labute approximate surface area is 183 Å². The third-order valence-electron chi connectivity index (χ3n) is 5.87. The summed E-state index contributed by atoms with van der Waals surface area (Å²) in [6, 6.07) is 8.57. The number of nitrogens with one attached hydrogen (secondary N) is 2. The van der Waals surface area contributed by atoms with Crippen LogP contribution in [0.4, 0.5) is 0 Å². The molecule has 2 heterocycles. The van der Waals surface area contributed by atoms with Crippen LogP contribution < -0.4 is 10.6 Å². The zero-order valence-electron chi connectivity index (χ0n) is 17.3. The van der Waals surface area contributed by atoms with Gasteiger partial charge in [0.25, 0.3) is 0 Å². The zero-order chi connectivity index (χ0) is 18.4. The van der Waals surface area contributed by atoms with Gasteiger partial charge in [0.1, 0.15) is 0 Å². The van der Waals surface area contributed by atoms with Crippen molar-refractivity contribution in [1.82, 2.24) is 15.5 Å². The highest BCUT2D eigenvalue weighted by atomic mass is 35.5. The number of nitrogens with zero attached hydrogens (tertiary/aromatic N) is 1. The molecule has 1 amide bonds. The quantitative estimate of drug-likeness (QED) is 0.687. The molecule has 0 aromatic heterocycles. The van der Waals surface area contributed by atoms with E-state index in [9.17, 15) is 4.79 Å². The van der Waals surface area contributed by atoms with Gasteiger partial charge in [0, 0.05) is 32.6 Å². The van der Waals surface area contributed by atoms with Crippen molar-refractivity contribution in [2.75, 3.05) is 26.2 Å². The molecule has 2 aliphatic rings. The van der Waals surface area contributed by atoms with Gasteiger partial charge in [-0.3, -0.25) is 9.69 Å². The Kier molecular flexibility index (Phi) is 11.4. The lowest BCUT2D eigenvalue weighted by molar-refractivity contribution is -0.121. The van der Waals surface area contributed by atoms with Crippen molar-refractivity contribution >= 4 is 30.7 Å². The Morgan fingerprint density at radius 1 is 1.14 bits per heavy atom. The highest BCUT2D eigenvalue weighted by Gasteiger charge is 2.22. The van der Waals surface area contributed by atoms with E-state index in [1.807, 2.05) is 0 Å². The lowest BCUT2D eigenvalue weighted by atomic mass is 9.91. The summed E-state index contributed by atoms with van der Waals surface area (Å²) < 4.78 is 0. The fourth-order valence-corrected chi connectivity index (χ4v) is 4.62. The summed E-state index contributed by atoms with van der Waals surface area (Å²) in [5.74, 6) is 2.41. The van der Waals surface area contributed by atoms with Crippen molar-refractivity contribution in [3.05, 3.63) is 35.4 Å². The molecule has 4 nitrogen and oxygen atoms in total. The second kappa shape index (κ2) is 12.7. The van der Waals surface area contributed by atoms with E-state index in [0.29, 0.717) is 18.9 Å². The molecule has 0 spiro atoms. The first kappa shape index (κ1) is 25.2. The van der Waals surface area contributed by atoms with Gasteiger partial charge in [-0.15, -0.1) is 24.8 Å². The minimum Gasteiger partial charge on any atom is -0.352 e. The van der Waals surface area contributed by atoms with Crippen molar-refractivity contribution < 1.29 is 4.79 Å². The zero-order valence-corrected chi connectivity index (χ0v) is 18.9. The van der Waals surface area contributed by atoms with Gasteiger partial charge in [-0.2, -0.15) is 0 Å². The topological polar surface area (TPSA) is 44.4 Å². The van der Waals surface area contributed by atoms with Crippen molar-refractivity contribution in [1.29, 1.82) is 0 Å². The Morgan fingerprint density at radius 2 is 1.82 bits per heavy atom. The smallest absolute Gasteiger partial charge is 0.220 e. The molecule has 2 aliphatic heterocycles. The van der Waals surface area contributed by atoms with E-state index in [-0.39, 0.29) is 30.7 Å². The third-order valence-corrected chi connectivity index (χ3v) is 5.87.